The Morgan fingerprint density at radius 2 is 2.10 bits per heavy atom. The molecule has 0 bridgehead atoms. The molecule has 0 spiro atoms. The fraction of sp³-hybridized carbons (Fsp3) is 0.188. The van der Waals surface area contributed by atoms with Crippen molar-refractivity contribution in [1.82, 2.24) is 10.6 Å². The lowest BCUT2D eigenvalue weighted by molar-refractivity contribution is 0.760. The fourth-order valence-corrected chi connectivity index (χ4v) is 2.88. The second-order valence-electron chi connectivity index (χ2n) is 4.50. The minimum Gasteiger partial charge on any atom is -0.359 e. The van der Waals surface area contributed by atoms with Crippen LogP contribution in [0.1, 0.15) is 22.0 Å². The first-order chi connectivity index (χ1) is 9.70. The number of nitrogens with one attached hydrogen (secondary N) is 2. The third-order valence-electron chi connectivity index (χ3n) is 2.92. The van der Waals surface area contributed by atoms with Gasteiger partial charge in [-0.25, -0.2) is 0 Å². The standard InChI is InChI=1S/C16H18N2S2/c1-3-10-17-16(19)18-15(14-5-4-11-20-14)13-8-6-12(2)7-9-13/h3-9,11,15H,1,10H2,2H3,(H2,17,18,19)/t15-/m1/s1. The van der Waals surface area contributed by atoms with Crippen LogP contribution in [0.3, 0.4) is 0 Å². The van der Waals surface area contributed by atoms with Crippen LogP contribution >= 0.6 is 23.6 Å². The second kappa shape index (κ2) is 7.22. The zero-order chi connectivity index (χ0) is 14.4. The van der Waals surface area contributed by atoms with Gasteiger partial charge < -0.3 is 10.6 Å². The molecule has 2 nitrogen and oxygen atoms in total. The number of hydrogen-bond acceptors (Lipinski definition) is 2. The van der Waals surface area contributed by atoms with Gasteiger partial charge in [0.1, 0.15) is 0 Å². The van der Waals surface area contributed by atoms with E-state index in [1.54, 1.807) is 17.4 Å². The minimum atomic E-state index is 0.0837. The highest BCUT2D eigenvalue weighted by molar-refractivity contribution is 7.80. The molecule has 0 saturated carbocycles. The molecule has 0 saturated heterocycles. The predicted molar refractivity (Wildman–Crippen MR) is 91.3 cm³/mol. The molecular weight excluding hydrogens is 284 g/mol. The van der Waals surface area contributed by atoms with E-state index in [9.17, 15) is 0 Å². The summed E-state index contributed by atoms with van der Waals surface area (Å²) in [5, 5.41) is 9.21. The SMILES string of the molecule is C=CCNC(=S)N[C@H](c1ccc(C)cc1)c1cccs1. The minimum absolute atomic E-state index is 0.0837. The van der Waals surface area contributed by atoms with E-state index in [4.69, 9.17) is 12.2 Å². The van der Waals surface area contributed by atoms with Gasteiger partial charge in [0.15, 0.2) is 5.11 Å². The van der Waals surface area contributed by atoms with E-state index in [0.717, 1.165) is 0 Å². The van der Waals surface area contributed by atoms with Gasteiger partial charge in [0.2, 0.25) is 0 Å². The van der Waals surface area contributed by atoms with E-state index in [1.165, 1.54) is 16.0 Å². The Morgan fingerprint density at radius 1 is 1.35 bits per heavy atom. The molecule has 4 heteroatoms. The van der Waals surface area contributed by atoms with E-state index in [2.05, 4.69) is 65.9 Å². The lowest BCUT2D eigenvalue weighted by Crippen LogP contribution is -2.37. The molecular formula is C16H18N2S2. The third-order valence-corrected chi connectivity index (χ3v) is 4.12. The van der Waals surface area contributed by atoms with Crippen molar-refractivity contribution in [3.63, 3.8) is 0 Å². The van der Waals surface area contributed by atoms with Crippen LogP contribution in [-0.2, 0) is 0 Å². The normalized spacial score (nSPS) is 11.7. The molecule has 0 radical (unpaired) electrons. The molecule has 0 aliphatic rings. The Balaban J connectivity index is 2.19. The highest BCUT2D eigenvalue weighted by Gasteiger charge is 2.15. The molecule has 1 aromatic carbocycles. The maximum Gasteiger partial charge on any atom is 0.167 e. The molecule has 1 atom stereocenters. The van der Waals surface area contributed by atoms with Gasteiger partial charge in [-0.05, 0) is 36.2 Å². The Bertz CT molecular complexity index is 559. The van der Waals surface area contributed by atoms with Gasteiger partial charge in [-0.3, -0.25) is 0 Å². The van der Waals surface area contributed by atoms with Crippen molar-refractivity contribution in [2.75, 3.05) is 6.54 Å². The fourth-order valence-electron chi connectivity index (χ4n) is 1.88. The monoisotopic (exact) mass is 302 g/mol. The van der Waals surface area contributed by atoms with Gasteiger partial charge >= 0.3 is 0 Å². The highest BCUT2D eigenvalue weighted by atomic mass is 32.1. The van der Waals surface area contributed by atoms with Crippen LogP contribution in [0.4, 0.5) is 0 Å². The number of thiophene rings is 1. The van der Waals surface area contributed by atoms with Gasteiger partial charge in [-0.2, -0.15) is 0 Å². The number of benzene rings is 1. The molecule has 20 heavy (non-hydrogen) atoms. The number of rotatable bonds is 5. The van der Waals surface area contributed by atoms with Crippen LogP contribution in [0.25, 0.3) is 0 Å². The van der Waals surface area contributed by atoms with Crippen molar-refractivity contribution in [2.24, 2.45) is 0 Å². The van der Waals surface area contributed by atoms with Crippen molar-refractivity contribution in [3.05, 3.63) is 70.4 Å². The first-order valence-corrected chi connectivity index (χ1v) is 7.74. The summed E-state index contributed by atoms with van der Waals surface area (Å²) in [5.41, 5.74) is 2.46. The number of thiocarbonyl (C=S) groups is 1. The van der Waals surface area contributed by atoms with E-state index < -0.39 is 0 Å². The van der Waals surface area contributed by atoms with E-state index in [1.807, 2.05) is 0 Å². The number of hydrogen-bond donors (Lipinski definition) is 2. The number of aryl methyl sites for hydroxylation is 1. The molecule has 2 rings (SSSR count). The molecule has 0 unspecified atom stereocenters. The molecule has 0 fully saturated rings. The van der Waals surface area contributed by atoms with Gasteiger partial charge in [0.25, 0.3) is 0 Å². The molecule has 0 amide bonds. The largest absolute Gasteiger partial charge is 0.359 e. The molecule has 0 aliphatic heterocycles. The zero-order valence-electron chi connectivity index (χ0n) is 11.4. The summed E-state index contributed by atoms with van der Waals surface area (Å²) >= 11 is 7.06. The first kappa shape index (κ1) is 14.8. The molecule has 1 aromatic heterocycles. The average Bonchev–Trinajstić information content (AvgIpc) is 2.97. The average molecular weight is 302 g/mol. The van der Waals surface area contributed by atoms with Gasteiger partial charge in [0, 0.05) is 11.4 Å². The predicted octanol–water partition coefficient (Wildman–Crippen LogP) is 3.80. The maximum absolute atomic E-state index is 5.33. The van der Waals surface area contributed by atoms with E-state index >= 15 is 0 Å². The Morgan fingerprint density at radius 3 is 2.70 bits per heavy atom. The van der Waals surface area contributed by atoms with Crippen LogP contribution in [0.5, 0.6) is 0 Å². The molecule has 2 N–H and O–H groups in total. The molecule has 2 aromatic rings. The smallest absolute Gasteiger partial charge is 0.167 e. The van der Waals surface area contributed by atoms with Crippen molar-refractivity contribution >= 4 is 28.7 Å². The zero-order valence-corrected chi connectivity index (χ0v) is 13.1. The summed E-state index contributed by atoms with van der Waals surface area (Å²) in [6, 6.07) is 12.8. The first-order valence-electron chi connectivity index (χ1n) is 6.46. The van der Waals surface area contributed by atoms with Crippen molar-refractivity contribution in [2.45, 2.75) is 13.0 Å². The quantitative estimate of drug-likeness (QED) is 0.649. The van der Waals surface area contributed by atoms with Gasteiger partial charge in [-0.1, -0.05) is 42.0 Å². The maximum atomic E-state index is 5.33. The summed E-state index contributed by atoms with van der Waals surface area (Å²) in [7, 11) is 0. The molecule has 0 aliphatic carbocycles. The van der Waals surface area contributed by atoms with Crippen molar-refractivity contribution in [1.29, 1.82) is 0 Å². The Labute approximate surface area is 129 Å². The van der Waals surface area contributed by atoms with E-state index in [-0.39, 0.29) is 6.04 Å². The topological polar surface area (TPSA) is 24.1 Å². The van der Waals surface area contributed by atoms with Gasteiger partial charge in [0.05, 0.1) is 6.04 Å². The second-order valence-corrected chi connectivity index (χ2v) is 5.89. The van der Waals surface area contributed by atoms with E-state index in [0.29, 0.717) is 11.7 Å². The van der Waals surface area contributed by atoms with Crippen LogP contribution in [0, 0.1) is 6.92 Å². The van der Waals surface area contributed by atoms with Crippen molar-refractivity contribution in [3.8, 4) is 0 Å². The summed E-state index contributed by atoms with van der Waals surface area (Å²) < 4.78 is 0. The Hall–Kier alpha value is -1.65. The molecule has 104 valence electrons. The highest BCUT2D eigenvalue weighted by Crippen LogP contribution is 2.26. The summed E-state index contributed by atoms with van der Waals surface area (Å²) in [6.07, 6.45) is 1.79. The summed E-state index contributed by atoms with van der Waals surface area (Å²) in [5.74, 6) is 0. The van der Waals surface area contributed by atoms with Crippen LogP contribution in [0.2, 0.25) is 0 Å². The summed E-state index contributed by atoms with van der Waals surface area (Å²) in [6.45, 7) is 6.44. The Kier molecular flexibility index (Phi) is 5.32. The third kappa shape index (κ3) is 3.92. The lowest BCUT2D eigenvalue weighted by atomic mass is 10.0. The lowest BCUT2D eigenvalue weighted by Gasteiger charge is -2.20. The van der Waals surface area contributed by atoms with Gasteiger partial charge in [-0.15, -0.1) is 17.9 Å². The van der Waals surface area contributed by atoms with Crippen LogP contribution in [0.15, 0.2) is 54.4 Å². The van der Waals surface area contributed by atoms with Crippen LogP contribution in [-0.4, -0.2) is 11.7 Å². The molecule has 1 heterocycles. The summed E-state index contributed by atoms with van der Waals surface area (Å²) in [4.78, 5) is 1.25. The van der Waals surface area contributed by atoms with Crippen molar-refractivity contribution < 1.29 is 0 Å². The van der Waals surface area contributed by atoms with Crippen LogP contribution < -0.4 is 10.6 Å².